The number of unbranched alkanes of at least 4 members (excludes halogenated alkanes) is 1. The standard InChI is InChI=1S/C22H37N5.HI/c1-20-9-8-14-25(19-20)13-7-6-12-24-22(23-2)27-17-15-26(16-18-27)21-10-4-3-5-11-21;/h3-5,10-11,20H,6-9,12-19H2,1-2H3,(H,23,24);1H. The first-order valence-electron chi connectivity index (χ1n) is 10.7. The van der Waals surface area contributed by atoms with Crippen LogP contribution in [0.25, 0.3) is 0 Å². The molecule has 158 valence electrons. The summed E-state index contributed by atoms with van der Waals surface area (Å²) in [7, 11) is 1.90. The number of likely N-dealkylation sites (tertiary alicyclic amines) is 1. The molecule has 0 radical (unpaired) electrons. The zero-order chi connectivity index (χ0) is 18.9. The summed E-state index contributed by atoms with van der Waals surface area (Å²) in [5.74, 6) is 1.94. The van der Waals surface area contributed by atoms with Crippen LogP contribution < -0.4 is 10.2 Å². The number of hydrogen-bond donors (Lipinski definition) is 1. The normalized spacial score (nSPS) is 21.4. The van der Waals surface area contributed by atoms with E-state index in [1.807, 2.05) is 7.05 Å². The van der Waals surface area contributed by atoms with Crippen molar-refractivity contribution >= 4 is 35.6 Å². The molecule has 0 aliphatic carbocycles. The molecule has 1 N–H and O–H groups in total. The quantitative estimate of drug-likeness (QED) is 0.281. The van der Waals surface area contributed by atoms with Crippen LogP contribution in [-0.4, -0.2) is 75.2 Å². The maximum absolute atomic E-state index is 4.51. The number of rotatable bonds is 6. The minimum atomic E-state index is 0. The van der Waals surface area contributed by atoms with E-state index in [2.05, 4.69) is 62.3 Å². The molecule has 1 atom stereocenters. The van der Waals surface area contributed by atoms with Crippen molar-refractivity contribution in [1.82, 2.24) is 15.1 Å². The van der Waals surface area contributed by atoms with Gasteiger partial charge < -0.3 is 20.0 Å². The van der Waals surface area contributed by atoms with E-state index in [0.29, 0.717) is 0 Å². The van der Waals surface area contributed by atoms with Crippen molar-refractivity contribution in [2.45, 2.75) is 32.6 Å². The molecule has 0 aromatic heterocycles. The second-order valence-electron chi connectivity index (χ2n) is 8.04. The summed E-state index contributed by atoms with van der Waals surface area (Å²) in [6.45, 7) is 11.4. The molecule has 0 saturated carbocycles. The molecular formula is C22H38IN5. The molecule has 0 spiro atoms. The fraction of sp³-hybridized carbons (Fsp3) is 0.682. The minimum absolute atomic E-state index is 0. The molecule has 28 heavy (non-hydrogen) atoms. The van der Waals surface area contributed by atoms with Gasteiger partial charge in [-0.3, -0.25) is 4.99 Å². The Bertz CT molecular complexity index is 572. The summed E-state index contributed by atoms with van der Waals surface area (Å²) in [5, 5.41) is 3.58. The molecule has 1 aromatic carbocycles. The molecule has 5 nitrogen and oxygen atoms in total. The lowest BCUT2D eigenvalue weighted by Gasteiger charge is -2.37. The second-order valence-corrected chi connectivity index (χ2v) is 8.04. The maximum atomic E-state index is 4.51. The third-order valence-corrected chi connectivity index (χ3v) is 5.84. The molecule has 2 aliphatic rings. The monoisotopic (exact) mass is 499 g/mol. The van der Waals surface area contributed by atoms with Gasteiger partial charge in [0.25, 0.3) is 0 Å². The number of para-hydroxylation sites is 1. The molecule has 6 heteroatoms. The molecule has 0 bridgehead atoms. The molecule has 2 heterocycles. The molecule has 3 rings (SSSR count). The third kappa shape index (κ3) is 7.10. The highest BCUT2D eigenvalue weighted by Crippen LogP contribution is 2.16. The van der Waals surface area contributed by atoms with E-state index in [9.17, 15) is 0 Å². The Morgan fingerprint density at radius 1 is 1.07 bits per heavy atom. The van der Waals surface area contributed by atoms with Gasteiger partial charge in [0, 0.05) is 52.0 Å². The Labute approximate surface area is 188 Å². The lowest BCUT2D eigenvalue weighted by molar-refractivity contribution is 0.181. The summed E-state index contributed by atoms with van der Waals surface area (Å²) in [6.07, 6.45) is 5.28. The zero-order valence-electron chi connectivity index (χ0n) is 17.6. The van der Waals surface area contributed by atoms with Crippen LogP contribution in [-0.2, 0) is 0 Å². The number of halogens is 1. The largest absolute Gasteiger partial charge is 0.368 e. The zero-order valence-corrected chi connectivity index (χ0v) is 20.0. The van der Waals surface area contributed by atoms with E-state index in [4.69, 9.17) is 0 Å². The van der Waals surface area contributed by atoms with Crippen molar-refractivity contribution in [1.29, 1.82) is 0 Å². The number of piperazine rings is 1. The summed E-state index contributed by atoms with van der Waals surface area (Å²) in [5.41, 5.74) is 1.33. The van der Waals surface area contributed by atoms with Crippen LogP contribution in [0.5, 0.6) is 0 Å². The van der Waals surface area contributed by atoms with Gasteiger partial charge in [0.15, 0.2) is 5.96 Å². The van der Waals surface area contributed by atoms with E-state index in [1.54, 1.807) is 0 Å². The minimum Gasteiger partial charge on any atom is -0.368 e. The highest BCUT2D eigenvalue weighted by Gasteiger charge is 2.19. The number of guanidine groups is 1. The first kappa shape index (κ1) is 23.3. The van der Waals surface area contributed by atoms with Gasteiger partial charge in [-0.05, 0) is 56.8 Å². The number of piperidine rings is 1. The van der Waals surface area contributed by atoms with Crippen LogP contribution in [0.15, 0.2) is 35.3 Å². The molecule has 2 aliphatic heterocycles. The average Bonchev–Trinajstić information content (AvgIpc) is 2.72. The lowest BCUT2D eigenvalue weighted by Crippen LogP contribution is -2.52. The fourth-order valence-electron chi connectivity index (χ4n) is 4.30. The Morgan fingerprint density at radius 2 is 1.82 bits per heavy atom. The molecular weight excluding hydrogens is 461 g/mol. The Kier molecular flexibility index (Phi) is 10.4. The second kappa shape index (κ2) is 12.5. The SMILES string of the molecule is CN=C(NCCCCN1CCCC(C)C1)N1CCN(c2ccccc2)CC1.I. The van der Waals surface area contributed by atoms with Crippen molar-refractivity contribution in [2.75, 3.05) is 64.3 Å². The maximum Gasteiger partial charge on any atom is 0.193 e. The van der Waals surface area contributed by atoms with Crippen molar-refractivity contribution < 1.29 is 0 Å². The van der Waals surface area contributed by atoms with Crippen molar-refractivity contribution in [3.8, 4) is 0 Å². The van der Waals surface area contributed by atoms with E-state index in [-0.39, 0.29) is 24.0 Å². The smallest absolute Gasteiger partial charge is 0.193 e. The van der Waals surface area contributed by atoms with Crippen LogP contribution in [0.3, 0.4) is 0 Å². The van der Waals surface area contributed by atoms with Crippen molar-refractivity contribution in [2.24, 2.45) is 10.9 Å². The highest BCUT2D eigenvalue weighted by molar-refractivity contribution is 14.0. The predicted molar refractivity (Wildman–Crippen MR) is 131 cm³/mol. The summed E-state index contributed by atoms with van der Waals surface area (Å²) >= 11 is 0. The number of aliphatic imine (C=N–C) groups is 1. The average molecular weight is 499 g/mol. The Hall–Kier alpha value is -1.02. The van der Waals surface area contributed by atoms with Gasteiger partial charge in [-0.25, -0.2) is 0 Å². The van der Waals surface area contributed by atoms with Gasteiger partial charge in [0.2, 0.25) is 0 Å². The van der Waals surface area contributed by atoms with Gasteiger partial charge >= 0.3 is 0 Å². The van der Waals surface area contributed by atoms with Gasteiger partial charge in [0.1, 0.15) is 0 Å². The molecule has 1 unspecified atom stereocenters. The Balaban J connectivity index is 0.00000280. The highest BCUT2D eigenvalue weighted by atomic mass is 127. The first-order valence-corrected chi connectivity index (χ1v) is 10.7. The topological polar surface area (TPSA) is 34.1 Å². The number of hydrogen-bond acceptors (Lipinski definition) is 3. The number of nitrogens with one attached hydrogen (secondary N) is 1. The van der Waals surface area contributed by atoms with Crippen LogP contribution in [0.2, 0.25) is 0 Å². The summed E-state index contributed by atoms with van der Waals surface area (Å²) in [6, 6.07) is 10.7. The fourth-order valence-corrected chi connectivity index (χ4v) is 4.30. The molecule has 2 saturated heterocycles. The van der Waals surface area contributed by atoms with Crippen LogP contribution in [0.4, 0.5) is 5.69 Å². The lowest BCUT2D eigenvalue weighted by atomic mass is 10.0. The van der Waals surface area contributed by atoms with E-state index >= 15 is 0 Å². The predicted octanol–water partition coefficient (Wildman–Crippen LogP) is 3.51. The summed E-state index contributed by atoms with van der Waals surface area (Å²) in [4.78, 5) is 12.0. The van der Waals surface area contributed by atoms with Gasteiger partial charge in [0.05, 0.1) is 0 Å². The van der Waals surface area contributed by atoms with Crippen LogP contribution in [0.1, 0.15) is 32.6 Å². The number of benzene rings is 1. The van der Waals surface area contributed by atoms with E-state index in [1.165, 1.54) is 51.0 Å². The van der Waals surface area contributed by atoms with Crippen LogP contribution in [0, 0.1) is 5.92 Å². The van der Waals surface area contributed by atoms with Crippen molar-refractivity contribution in [3.63, 3.8) is 0 Å². The number of nitrogens with zero attached hydrogens (tertiary/aromatic N) is 4. The van der Waals surface area contributed by atoms with Crippen LogP contribution >= 0.6 is 24.0 Å². The first-order chi connectivity index (χ1) is 13.3. The van der Waals surface area contributed by atoms with Crippen molar-refractivity contribution in [3.05, 3.63) is 30.3 Å². The Morgan fingerprint density at radius 3 is 2.50 bits per heavy atom. The summed E-state index contributed by atoms with van der Waals surface area (Å²) < 4.78 is 0. The third-order valence-electron chi connectivity index (χ3n) is 5.84. The van der Waals surface area contributed by atoms with E-state index < -0.39 is 0 Å². The molecule has 1 aromatic rings. The van der Waals surface area contributed by atoms with Gasteiger partial charge in [-0.2, -0.15) is 0 Å². The van der Waals surface area contributed by atoms with Gasteiger partial charge in [-0.1, -0.05) is 25.1 Å². The molecule has 2 fully saturated rings. The molecule has 0 amide bonds. The van der Waals surface area contributed by atoms with E-state index in [0.717, 1.165) is 44.6 Å². The number of anilines is 1. The van der Waals surface area contributed by atoms with Gasteiger partial charge in [-0.15, -0.1) is 24.0 Å².